The monoisotopic (exact) mass is 369 g/mol. The summed E-state index contributed by atoms with van der Waals surface area (Å²) < 4.78 is 0. The van der Waals surface area contributed by atoms with Crippen LogP contribution >= 0.6 is 11.3 Å². The third-order valence-corrected chi connectivity index (χ3v) is 6.18. The van der Waals surface area contributed by atoms with Crippen molar-refractivity contribution in [3.8, 4) is 32.1 Å². The van der Waals surface area contributed by atoms with Crippen molar-refractivity contribution < 1.29 is 0 Å². The van der Waals surface area contributed by atoms with E-state index in [1.54, 1.807) is 11.3 Å². The highest BCUT2D eigenvalue weighted by Crippen LogP contribution is 2.39. The van der Waals surface area contributed by atoms with Crippen LogP contribution in [0.3, 0.4) is 0 Å². The van der Waals surface area contributed by atoms with Crippen molar-refractivity contribution in [1.82, 2.24) is 4.98 Å². The lowest BCUT2D eigenvalue weighted by atomic mass is 9.99. The summed E-state index contributed by atoms with van der Waals surface area (Å²) in [6, 6.07) is 26.2. The van der Waals surface area contributed by atoms with Crippen molar-refractivity contribution in [2.24, 2.45) is 0 Å². The van der Waals surface area contributed by atoms with E-state index in [1.165, 1.54) is 38.3 Å². The molecule has 0 bridgehead atoms. The van der Waals surface area contributed by atoms with Crippen LogP contribution in [0.25, 0.3) is 32.1 Å². The molecule has 0 saturated heterocycles. The predicted molar refractivity (Wildman–Crippen MR) is 117 cm³/mol. The van der Waals surface area contributed by atoms with Gasteiger partial charge in [-0.15, -0.1) is 11.3 Å². The molecule has 4 rings (SSSR count). The number of aromatic nitrogens is 1. The summed E-state index contributed by atoms with van der Waals surface area (Å²) in [5.74, 6) is 0. The van der Waals surface area contributed by atoms with E-state index in [0.717, 1.165) is 17.1 Å². The second-order valence-electron chi connectivity index (χ2n) is 6.90. The Hall–Kier alpha value is -2.71. The molecule has 1 aromatic heterocycles. The summed E-state index contributed by atoms with van der Waals surface area (Å²) in [5, 5.41) is 1.08. The third kappa shape index (κ3) is 3.58. The van der Waals surface area contributed by atoms with Crippen molar-refractivity contribution in [2.75, 3.05) is 0 Å². The van der Waals surface area contributed by atoms with Crippen LogP contribution in [0, 0.1) is 13.8 Å². The molecule has 2 heteroatoms. The fourth-order valence-electron chi connectivity index (χ4n) is 3.33. The quantitative estimate of drug-likeness (QED) is 0.367. The zero-order valence-corrected chi connectivity index (χ0v) is 16.8. The number of hydrogen-bond donors (Lipinski definition) is 0. The molecule has 0 amide bonds. The fraction of sp³-hybridized carbons (Fsp3) is 0.160. The second kappa shape index (κ2) is 7.50. The molecule has 0 N–H and O–H groups in total. The predicted octanol–water partition coefficient (Wildman–Crippen LogP) is 7.32. The van der Waals surface area contributed by atoms with Crippen molar-refractivity contribution in [3.05, 3.63) is 89.6 Å². The Kier molecular flexibility index (Phi) is 4.91. The van der Waals surface area contributed by atoms with Crippen LogP contribution in [-0.2, 0) is 6.42 Å². The highest BCUT2D eigenvalue weighted by atomic mass is 32.1. The maximum absolute atomic E-state index is 4.92. The van der Waals surface area contributed by atoms with E-state index in [-0.39, 0.29) is 0 Å². The number of aryl methyl sites for hydroxylation is 3. The van der Waals surface area contributed by atoms with E-state index in [4.69, 9.17) is 4.98 Å². The summed E-state index contributed by atoms with van der Waals surface area (Å²) in [6.07, 6.45) is 1.07. The van der Waals surface area contributed by atoms with Crippen LogP contribution in [0.1, 0.15) is 23.7 Å². The Bertz CT molecular complexity index is 1060. The second-order valence-corrected chi connectivity index (χ2v) is 7.89. The molecule has 0 spiro atoms. The van der Waals surface area contributed by atoms with Crippen LogP contribution < -0.4 is 0 Å². The molecule has 0 aliphatic carbocycles. The Labute approximate surface area is 165 Å². The first-order valence-electron chi connectivity index (χ1n) is 9.39. The van der Waals surface area contributed by atoms with Gasteiger partial charge in [0, 0.05) is 5.56 Å². The Morgan fingerprint density at radius 1 is 0.741 bits per heavy atom. The minimum atomic E-state index is 1.07. The molecule has 0 saturated carbocycles. The number of hydrogen-bond acceptors (Lipinski definition) is 2. The Morgan fingerprint density at radius 2 is 1.37 bits per heavy atom. The van der Waals surface area contributed by atoms with Gasteiger partial charge in [0.2, 0.25) is 0 Å². The summed E-state index contributed by atoms with van der Waals surface area (Å²) in [5.41, 5.74) is 8.66. The summed E-state index contributed by atoms with van der Waals surface area (Å²) in [6.45, 7) is 6.42. The summed E-state index contributed by atoms with van der Waals surface area (Å²) in [7, 11) is 0. The van der Waals surface area contributed by atoms with E-state index in [1.807, 2.05) is 0 Å². The molecule has 0 fully saturated rings. The minimum absolute atomic E-state index is 1.07. The van der Waals surface area contributed by atoms with Gasteiger partial charge in [-0.05, 0) is 42.5 Å². The van der Waals surface area contributed by atoms with Gasteiger partial charge in [-0.25, -0.2) is 4.98 Å². The smallest absolute Gasteiger partial charge is 0.124 e. The number of benzene rings is 3. The lowest BCUT2D eigenvalue weighted by Crippen LogP contribution is -1.85. The molecule has 4 aromatic rings. The van der Waals surface area contributed by atoms with Gasteiger partial charge in [0.25, 0.3) is 0 Å². The molecule has 1 heterocycles. The lowest BCUT2D eigenvalue weighted by molar-refractivity contribution is 1.14. The number of nitrogens with zero attached hydrogens (tertiary/aromatic N) is 1. The molecule has 27 heavy (non-hydrogen) atoms. The van der Waals surface area contributed by atoms with E-state index in [9.17, 15) is 0 Å². The Balaban J connectivity index is 1.78. The van der Waals surface area contributed by atoms with Crippen molar-refractivity contribution in [1.29, 1.82) is 0 Å². The van der Waals surface area contributed by atoms with E-state index in [0.29, 0.717) is 0 Å². The molecule has 0 atom stereocenters. The van der Waals surface area contributed by atoms with Gasteiger partial charge >= 0.3 is 0 Å². The van der Waals surface area contributed by atoms with Gasteiger partial charge in [-0.2, -0.15) is 0 Å². The van der Waals surface area contributed by atoms with E-state index >= 15 is 0 Å². The van der Waals surface area contributed by atoms with E-state index < -0.39 is 0 Å². The standard InChI is InChI=1S/C25H23NS/c1-4-19-11-15-21(16-12-19)24-18(3)26-25(27-24)23-8-6-5-7-22(23)20-13-9-17(2)10-14-20/h5-16H,4H2,1-3H3. The SMILES string of the molecule is CCc1ccc(-c2sc(-c3ccccc3-c3ccc(C)cc3)nc2C)cc1. The van der Waals surface area contributed by atoms with Gasteiger partial charge in [-0.3, -0.25) is 0 Å². The van der Waals surface area contributed by atoms with Gasteiger partial charge in [0.05, 0.1) is 10.6 Å². The van der Waals surface area contributed by atoms with E-state index in [2.05, 4.69) is 93.6 Å². The molecular weight excluding hydrogens is 346 g/mol. The average Bonchev–Trinajstić information content (AvgIpc) is 3.10. The molecule has 3 aromatic carbocycles. The van der Waals surface area contributed by atoms with Gasteiger partial charge in [-0.1, -0.05) is 85.3 Å². The van der Waals surface area contributed by atoms with Crippen LogP contribution in [0.4, 0.5) is 0 Å². The normalized spacial score (nSPS) is 10.9. The topological polar surface area (TPSA) is 12.9 Å². The largest absolute Gasteiger partial charge is 0.241 e. The summed E-state index contributed by atoms with van der Waals surface area (Å²) in [4.78, 5) is 6.18. The van der Waals surface area contributed by atoms with Crippen molar-refractivity contribution in [2.45, 2.75) is 27.2 Å². The third-order valence-electron chi connectivity index (χ3n) is 4.94. The lowest BCUT2D eigenvalue weighted by Gasteiger charge is -2.08. The van der Waals surface area contributed by atoms with Gasteiger partial charge < -0.3 is 0 Å². The van der Waals surface area contributed by atoms with Crippen LogP contribution in [-0.4, -0.2) is 4.98 Å². The van der Waals surface area contributed by atoms with Gasteiger partial charge in [0.1, 0.15) is 5.01 Å². The highest BCUT2D eigenvalue weighted by molar-refractivity contribution is 7.18. The van der Waals surface area contributed by atoms with Crippen LogP contribution in [0.2, 0.25) is 0 Å². The minimum Gasteiger partial charge on any atom is -0.241 e. The maximum Gasteiger partial charge on any atom is 0.124 e. The number of thiazole rings is 1. The average molecular weight is 370 g/mol. The van der Waals surface area contributed by atoms with Gasteiger partial charge in [0.15, 0.2) is 0 Å². The molecule has 0 unspecified atom stereocenters. The first kappa shape index (κ1) is 17.7. The highest BCUT2D eigenvalue weighted by Gasteiger charge is 2.14. The molecule has 0 aliphatic rings. The maximum atomic E-state index is 4.92. The fourth-order valence-corrected chi connectivity index (χ4v) is 4.44. The first-order valence-corrected chi connectivity index (χ1v) is 10.2. The van der Waals surface area contributed by atoms with Crippen molar-refractivity contribution in [3.63, 3.8) is 0 Å². The number of rotatable bonds is 4. The first-order chi connectivity index (χ1) is 13.2. The summed E-state index contributed by atoms with van der Waals surface area (Å²) >= 11 is 1.78. The molecule has 134 valence electrons. The molecule has 1 nitrogen and oxygen atoms in total. The van der Waals surface area contributed by atoms with Crippen molar-refractivity contribution >= 4 is 11.3 Å². The Morgan fingerprint density at radius 3 is 2.04 bits per heavy atom. The zero-order valence-electron chi connectivity index (χ0n) is 16.0. The zero-order chi connectivity index (χ0) is 18.8. The van der Waals surface area contributed by atoms with Crippen LogP contribution in [0.5, 0.6) is 0 Å². The molecular formula is C25H23NS. The molecule has 0 radical (unpaired) electrons. The molecule has 0 aliphatic heterocycles. The van der Waals surface area contributed by atoms with Crippen LogP contribution in [0.15, 0.2) is 72.8 Å².